The van der Waals surface area contributed by atoms with E-state index in [-0.39, 0.29) is 27.7 Å². The first-order valence-corrected chi connectivity index (χ1v) is 14.3. The SMILES string of the molecule is COC(=O)c1cc(Cc2ccccc2)sc1NC(=S)Nc1ccc(S(=O)(=O)Nc2cc(OC)nc(OC)n2)cc1. The van der Waals surface area contributed by atoms with E-state index in [0.29, 0.717) is 22.7 Å². The van der Waals surface area contributed by atoms with Gasteiger partial charge in [0.25, 0.3) is 10.0 Å². The monoisotopic (exact) mass is 599 g/mol. The molecular formula is C26H25N5O6S3. The van der Waals surface area contributed by atoms with Gasteiger partial charge < -0.3 is 24.8 Å². The summed E-state index contributed by atoms with van der Waals surface area (Å²) in [5.41, 5.74) is 2.01. The maximum Gasteiger partial charge on any atom is 0.340 e. The summed E-state index contributed by atoms with van der Waals surface area (Å²) < 4.78 is 43.1. The van der Waals surface area contributed by atoms with Crippen LogP contribution in [0, 0.1) is 0 Å². The van der Waals surface area contributed by atoms with Crippen molar-refractivity contribution in [1.82, 2.24) is 9.97 Å². The number of sulfonamides is 1. The Morgan fingerprint density at radius 3 is 2.33 bits per heavy atom. The summed E-state index contributed by atoms with van der Waals surface area (Å²) in [6.45, 7) is 0. The lowest BCUT2D eigenvalue weighted by atomic mass is 10.1. The van der Waals surface area contributed by atoms with Gasteiger partial charge in [0, 0.05) is 23.1 Å². The normalized spacial score (nSPS) is 10.9. The fraction of sp³-hybridized carbons (Fsp3) is 0.154. The number of esters is 1. The topological polar surface area (TPSA) is 141 Å². The van der Waals surface area contributed by atoms with Gasteiger partial charge in [-0.15, -0.1) is 11.3 Å². The van der Waals surface area contributed by atoms with E-state index in [1.54, 1.807) is 18.2 Å². The second kappa shape index (κ2) is 12.7. The van der Waals surface area contributed by atoms with Crippen LogP contribution in [0.3, 0.4) is 0 Å². The minimum atomic E-state index is -3.98. The Balaban J connectivity index is 1.44. The number of aromatic nitrogens is 2. The fourth-order valence-corrected chi connectivity index (χ4v) is 5.87. The van der Waals surface area contributed by atoms with Crippen molar-refractivity contribution in [3.05, 3.63) is 82.7 Å². The Bertz CT molecular complexity index is 1590. The third kappa shape index (κ3) is 7.22. The number of nitrogens with zero attached hydrogens (tertiary/aromatic N) is 2. The van der Waals surface area contributed by atoms with Crippen molar-refractivity contribution in [3.8, 4) is 11.9 Å². The predicted octanol–water partition coefficient (Wildman–Crippen LogP) is 4.54. The Morgan fingerprint density at radius 1 is 0.950 bits per heavy atom. The quantitative estimate of drug-likeness (QED) is 0.175. The van der Waals surface area contributed by atoms with E-state index in [1.165, 1.54) is 50.9 Å². The third-order valence-corrected chi connectivity index (χ3v) is 8.00. The van der Waals surface area contributed by atoms with Gasteiger partial charge in [0.1, 0.15) is 5.00 Å². The molecule has 0 saturated heterocycles. The molecule has 3 N–H and O–H groups in total. The van der Waals surface area contributed by atoms with Crippen LogP contribution in [-0.4, -0.2) is 50.8 Å². The molecule has 0 radical (unpaired) electrons. The molecule has 2 heterocycles. The van der Waals surface area contributed by atoms with Crippen molar-refractivity contribution in [1.29, 1.82) is 0 Å². The van der Waals surface area contributed by atoms with Gasteiger partial charge in [-0.25, -0.2) is 13.2 Å². The highest BCUT2D eigenvalue weighted by atomic mass is 32.2. The highest BCUT2D eigenvalue weighted by Crippen LogP contribution is 2.31. The molecule has 4 aromatic rings. The number of methoxy groups -OCH3 is 3. The number of hydrogen-bond donors (Lipinski definition) is 3. The maximum atomic E-state index is 12.9. The summed E-state index contributed by atoms with van der Waals surface area (Å²) >= 11 is 6.84. The van der Waals surface area contributed by atoms with Crippen molar-refractivity contribution in [2.75, 3.05) is 36.7 Å². The molecule has 0 atom stereocenters. The zero-order valence-corrected chi connectivity index (χ0v) is 24.1. The first-order chi connectivity index (χ1) is 19.2. The molecule has 208 valence electrons. The van der Waals surface area contributed by atoms with Crippen molar-refractivity contribution >= 4 is 61.2 Å². The Labute approximate surface area is 240 Å². The van der Waals surface area contributed by atoms with E-state index in [0.717, 1.165) is 10.4 Å². The Morgan fingerprint density at radius 2 is 1.68 bits per heavy atom. The predicted molar refractivity (Wildman–Crippen MR) is 157 cm³/mol. The lowest BCUT2D eigenvalue weighted by Gasteiger charge is -2.12. The average Bonchev–Trinajstić information content (AvgIpc) is 3.34. The summed E-state index contributed by atoms with van der Waals surface area (Å²) in [7, 11) is 0.0931. The smallest absolute Gasteiger partial charge is 0.340 e. The van der Waals surface area contributed by atoms with E-state index >= 15 is 0 Å². The Hall–Kier alpha value is -4.27. The molecule has 0 unspecified atom stereocenters. The van der Waals surface area contributed by atoms with E-state index in [9.17, 15) is 13.2 Å². The largest absolute Gasteiger partial charge is 0.481 e. The molecule has 0 fully saturated rings. The van der Waals surface area contributed by atoms with Crippen molar-refractivity contribution in [3.63, 3.8) is 0 Å². The number of benzene rings is 2. The summed E-state index contributed by atoms with van der Waals surface area (Å²) in [5.74, 6) is -0.361. The van der Waals surface area contributed by atoms with E-state index in [1.807, 2.05) is 30.3 Å². The molecule has 0 spiro atoms. The minimum Gasteiger partial charge on any atom is -0.481 e. The molecule has 0 bridgehead atoms. The highest BCUT2D eigenvalue weighted by molar-refractivity contribution is 7.92. The lowest BCUT2D eigenvalue weighted by Crippen LogP contribution is -2.20. The molecule has 0 amide bonds. The van der Waals surface area contributed by atoms with Crippen LogP contribution < -0.4 is 24.8 Å². The molecule has 0 saturated carbocycles. The van der Waals surface area contributed by atoms with Gasteiger partial charge in [-0.3, -0.25) is 4.72 Å². The number of nitrogens with one attached hydrogen (secondary N) is 3. The number of rotatable bonds is 10. The molecule has 2 aromatic heterocycles. The van der Waals surface area contributed by atoms with Crippen LogP contribution in [0.4, 0.5) is 16.5 Å². The van der Waals surface area contributed by atoms with Gasteiger partial charge in [-0.1, -0.05) is 30.3 Å². The molecular weight excluding hydrogens is 575 g/mol. The van der Waals surface area contributed by atoms with Crippen LogP contribution in [0.5, 0.6) is 11.9 Å². The average molecular weight is 600 g/mol. The zero-order chi connectivity index (χ0) is 28.7. The number of thiophene rings is 1. The molecule has 14 heteroatoms. The first kappa shape index (κ1) is 28.7. The van der Waals surface area contributed by atoms with E-state index < -0.39 is 16.0 Å². The number of carbonyl (C=O) groups excluding carboxylic acids is 1. The molecule has 4 rings (SSSR count). The number of ether oxygens (including phenoxy) is 3. The number of thiocarbonyl (C=S) groups is 1. The third-order valence-electron chi connectivity index (χ3n) is 5.37. The van der Waals surface area contributed by atoms with E-state index in [4.69, 9.17) is 26.4 Å². The lowest BCUT2D eigenvalue weighted by molar-refractivity contribution is 0.0602. The standard InChI is InChI=1S/C26H25N5O6S3/c1-35-22-15-21(28-25(29-22)37-3)31-40(33,34)19-11-9-17(10-12-19)27-26(38)30-23-20(24(32)36-2)14-18(39-23)13-16-7-5-4-6-8-16/h4-12,14-15H,13H2,1-3H3,(H2,27,30,38)(H,28,29,31). The van der Waals surface area contributed by atoms with Gasteiger partial charge in [0.15, 0.2) is 10.9 Å². The number of hydrogen-bond acceptors (Lipinski definition) is 10. The number of carbonyl (C=O) groups is 1. The van der Waals surface area contributed by atoms with Crippen molar-refractivity contribution in [2.24, 2.45) is 0 Å². The van der Waals surface area contributed by atoms with Gasteiger partial charge in [-0.05, 0) is 48.1 Å². The maximum absolute atomic E-state index is 12.9. The summed E-state index contributed by atoms with van der Waals surface area (Å²) in [6, 6.07) is 18.9. The minimum absolute atomic E-state index is 0.00902. The van der Waals surface area contributed by atoms with Crippen LogP contribution in [0.15, 0.2) is 71.6 Å². The fourth-order valence-electron chi connectivity index (χ4n) is 3.51. The first-order valence-electron chi connectivity index (χ1n) is 11.6. The summed E-state index contributed by atoms with van der Waals surface area (Å²) in [6.07, 6.45) is 0.649. The van der Waals surface area contributed by atoms with E-state index in [2.05, 4.69) is 25.3 Å². The second-order valence-electron chi connectivity index (χ2n) is 8.10. The van der Waals surface area contributed by atoms with Gasteiger partial charge in [-0.2, -0.15) is 9.97 Å². The molecule has 0 aliphatic heterocycles. The van der Waals surface area contributed by atoms with Crippen LogP contribution in [0.1, 0.15) is 20.8 Å². The van der Waals surface area contributed by atoms with Crippen LogP contribution in [0.2, 0.25) is 0 Å². The van der Waals surface area contributed by atoms with Gasteiger partial charge in [0.05, 0.1) is 31.8 Å². The van der Waals surface area contributed by atoms with Crippen LogP contribution >= 0.6 is 23.6 Å². The summed E-state index contributed by atoms with van der Waals surface area (Å²) in [4.78, 5) is 21.2. The second-order valence-corrected chi connectivity index (χ2v) is 11.3. The molecule has 0 aliphatic rings. The van der Waals surface area contributed by atoms with Crippen molar-refractivity contribution in [2.45, 2.75) is 11.3 Å². The van der Waals surface area contributed by atoms with Crippen LogP contribution in [0.25, 0.3) is 0 Å². The van der Waals surface area contributed by atoms with Crippen molar-refractivity contribution < 1.29 is 27.4 Å². The van der Waals surface area contributed by atoms with Gasteiger partial charge >= 0.3 is 12.0 Å². The molecule has 40 heavy (non-hydrogen) atoms. The summed E-state index contributed by atoms with van der Waals surface area (Å²) in [5, 5.41) is 6.80. The zero-order valence-electron chi connectivity index (χ0n) is 21.6. The van der Waals surface area contributed by atoms with Crippen LogP contribution in [-0.2, 0) is 21.2 Å². The molecule has 2 aromatic carbocycles. The molecule has 0 aliphatic carbocycles. The van der Waals surface area contributed by atoms with Gasteiger partial charge in [0.2, 0.25) is 5.88 Å². The Kier molecular flexibility index (Phi) is 9.14. The molecule has 11 nitrogen and oxygen atoms in total. The number of anilines is 3. The highest BCUT2D eigenvalue weighted by Gasteiger charge is 2.19.